The Hall–Kier alpha value is -5.43. The van der Waals surface area contributed by atoms with Crippen molar-refractivity contribution in [2.75, 3.05) is 85.8 Å². The van der Waals surface area contributed by atoms with E-state index in [-0.39, 0.29) is 122 Å². The Labute approximate surface area is 440 Å². The van der Waals surface area contributed by atoms with Gasteiger partial charge in [-0.3, -0.25) is 52.8 Å². The molecule has 4 aliphatic carbocycles. The van der Waals surface area contributed by atoms with Crippen molar-refractivity contribution in [1.29, 1.82) is 0 Å². The van der Waals surface area contributed by atoms with E-state index in [0.717, 1.165) is 22.6 Å². The first-order valence-electron chi connectivity index (χ1n) is 25.4. The average molecular weight is 1080 g/mol. The largest absolute Gasteiger partial charge is 0.481 e. The molecule has 5 rings (SSSR count). The van der Waals surface area contributed by atoms with Gasteiger partial charge < -0.3 is 59.9 Å². The van der Waals surface area contributed by atoms with Gasteiger partial charge >= 0.3 is 11.9 Å². The first kappa shape index (κ1) is 60.4. The molecule has 5 aliphatic rings. The lowest BCUT2D eigenvalue weighted by molar-refractivity contribution is -0.203. The fourth-order valence-corrected chi connectivity index (χ4v) is 11.9. The van der Waals surface area contributed by atoms with Crippen LogP contribution < -0.4 is 21.3 Å². The van der Waals surface area contributed by atoms with Crippen LogP contribution in [-0.2, 0) is 76.4 Å². The Morgan fingerprint density at radius 2 is 1.44 bits per heavy atom. The quantitative estimate of drug-likeness (QED) is 0.0176. The zero-order valence-electron chi connectivity index (χ0n) is 43.1. The van der Waals surface area contributed by atoms with E-state index in [1.807, 2.05) is 20.8 Å². The van der Waals surface area contributed by atoms with Crippen LogP contribution in [0.5, 0.6) is 0 Å². The third-order valence-corrected chi connectivity index (χ3v) is 16.0. The fourth-order valence-electron chi connectivity index (χ4n) is 11.3. The lowest BCUT2D eigenvalue weighted by Crippen LogP contribution is -2.69. The van der Waals surface area contributed by atoms with Crippen LogP contribution >= 0.6 is 11.6 Å². The van der Waals surface area contributed by atoms with Gasteiger partial charge in [-0.25, -0.2) is 0 Å². The number of aliphatic hydroxyl groups excluding tert-OH is 1. The number of carbonyl (C=O) groups excluding carboxylic acids is 9. The van der Waals surface area contributed by atoms with Crippen LogP contribution in [0.15, 0.2) is 36.0 Å². The number of esters is 1. The molecule has 1 heterocycles. The number of carboxylic acids is 1. The second-order valence-corrected chi connectivity index (χ2v) is 20.3. The third kappa shape index (κ3) is 14.5. The molecule has 6 N–H and O–H groups in total. The van der Waals surface area contributed by atoms with Crippen molar-refractivity contribution in [3.05, 3.63) is 36.0 Å². The minimum Gasteiger partial charge on any atom is -0.481 e. The van der Waals surface area contributed by atoms with Crippen molar-refractivity contribution in [3.8, 4) is 0 Å². The predicted molar refractivity (Wildman–Crippen MR) is 264 cm³/mol. The number of aliphatic carboxylic acids is 1. The summed E-state index contributed by atoms with van der Waals surface area (Å²) in [6.07, 6.45) is 6.69. The highest BCUT2D eigenvalue weighted by atomic mass is 35.5. The summed E-state index contributed by atoms with van der Waals surface area (Å²) in [5.41, 5.74) is -2.76. The molecule has 0 saturated heterocycles. The Kier molecular flexibility index (Phi) is 22.2. The maximum absolute atomic E-state index is 14.5. The second kappa shape index (κ2) is 27.6. The standard InChI is InChI=1S/C51H72ClN5O18/c1-5-46(68)75-51(32(2)26-36-35-7-6-33-27-34(58)12-15-48(33,3)50(35,52)38(59)28-49(36,51)4)39(60)30-74-31-55-42(63)29-54-47(69)37(8-11-45(66)67)56-41(62)14-18-70-20-22-72-24-25-73-23-21-71-19-16-53-40(61)13-17-57-43(64)9-10-44(57)65/h9-10,12,15,27,32,35-38,59H,5-8,11,13-14,16-26,28-31H2,1-4H3,(H,53,61)(H,54,69)(H,55,63)(H,56,62)(H,66,67)/t32-,35-,36?,37-,38-,48-,49-,50-,51-/m0/s1. The number of nitrogens with zero attached hydrogens (tertiary/aromatic N) is 1. The Morgan fingerprint density at radius 1 is 0.800 bits per heavy atom. The summed E-state index contributed by atoms with van der Waals surface area (Å²) < 4.78 is 33.5. The van der Waals surface area contributed by atoms with Gasteiger partial charge in [-0.15, -0.1) is 11.6 Å². The summed E-state index contributed by atoms with van der Waals surface area (Å²) in [4.78, 5) is 125. The molecule has 0 spiro atoms. The SMILES string of the molecule is CCC(=O)O[C@]1(C(=O)COCNC(=O)CNC(=O)[C@H](CCC(=O)O)NC(=O)CCOCCOCCOCCOCCNC(=O)CCN2C(=O)C=CC2=O)[C@@H](C)CC2[C@@H]3CCC4=CC(=O)C=C[C@]4(C)[C@@]3(Cl)[C@@H](O)C[C@@]21C. The molecule has 24 heteroatoms. The number of ketones is 2. The topological polar surface area (TPSA) is 318 Å². The predicted octanol–water partition coefficient (Wildman–Crippen LogP) is 0.578. The lowest BCUT2D eigenvalue weighted by Gasteiger charge is -2.64. The van der Waals surface area contributed by atoms with Gasteiger partial charge in [0.25, 0.3) is 11.8 Å². The van der Waals surface area contributed by atoms with Crippen LogP contribution in [0.4, 0.5) is 0 Å². The van der Waals surface area contributed by atoms with E-state index in [1.54, 1.807) is 19.1 Å². The number of hydrogen-bond donors (Lipinski definition) is 6. The highest BCUT2D eigenvalue weighted by molar-refractivity contribution is 6.26. The number of rotatable bonds is 32. The van der Waals surface area contributed by atoms with Gasteiger partial charge in [-0.05, 0) is 56.1 Å². The zero-order chi connectivity index (χ0) is 55.0. The molecule has 75 heavy (non-hydrogen) atoms. The van der Waals surface area contributed by atoms with E-state index in [0.29, 0.717) is 19.3 Å². The molecule has 1 unspecified atom stereocenters. The number of imide groups is 1. The molecule has 9 atom stereocenters. The summed E-state index contributed by atoms with van der Waals surface area (Å²) >= 11 is 7.59. The summed E-state index contributed by atoms with van der Waals surface area (Å²) in [6, 6.07) is -1.29. The monoisotopic (exact) mass is 1080 g/mol. The highest BCUT2D eigenvalue weighted by Gasteiger charge is 2.76. The number of carboxylic acid groups (broad SMARTS) is 1. The Bertz CT molecular complexity index is 2220. The molecule has 0 bridgehead atoms. The molecule has 0 radical (unpaired) electrons. The van der Waals surface area contributed by atoms with Gasteiger partial charge in [0.05, 0.1) is 70.4 Å². The van der Waals surface area contributed by atoms with Gasteiger partial charge in [0.2, 0.25) is 29.4 Å². The number of halogens is 1. The van der Waals surface area contributed by atoms with Crippen LogP contribution in [0.2, 0.25) is 0 Å². The van der Waals surface area contributed by atoms with Crippen molar-refractivity contribution in [2.24, 2.45) is 28.6 Å². The molecule has 0 aromatic carbocycles. The molecule has 0 aromatic heterocycles. The minimum absolute atomic E-state index is 0.00167. The van der Waals surface area contributed by atoms with Crippen molar-refractivity contribution >= 4 is 70.5 Å². The number of hydrogen-bond acceptors (Lipinski definition) is 17. The number of ether oxygens (including phenoxy) is 6. The van der Waals surface area contributed by atoms with Crippen LogP contribution in [0.25, 0.3) is 0 Å². The van der Waals surface area contributed by atoms with E-state index >= 15 is 0 Å². The van der Waals surface area contributed by atoms with Gasteiger partial charge in [-0.1, -0.05) is 39.3 Å². The Balaban J connectivity index is 0.962. The van der Waals surface area contributed by atoms with Crippen LogP contribution in [0, 0.1) is 28.6 Å². The maximum atomic E-state index is 14.5. The first-order chi connectivity index (χ1) is 35.6. The summed E-state index contributed by atoms with van der Waals surface area (Å²) in [7, 11) is 0. The molecule has 1 aliphatic heterocycles. The summed E-state index contributed by atoms with van der Waals surface area (Å²) in [6.45, 7) is 7.49. The van der Waals surface area contributed by atoms with Gasteiger partial charge in [0.15, 0.2) is 11.4 Å². The Morgan fingerprint density at radius 3 is 2.08 bits per heavy atom. The molecule has 0 aromatic rings. The van der Waals surface area contributed by atoms with Crippen molar-refractivity contribution in [3.63, 3.8) is 0 Å². The van der Waals surface area contributed by atoms with Gasteiger partial charge in [-0.2, -0.15) is 0 Å². The summed E-state index contributed by atoms with van der Waals surface area (Å²) in [5.74, 6) is -6.93. The average Bonchev–Trinajstić information content (AvgIpc) is 3.81. The molecule has 416 valence electrons. The van der Waals surface area contributed by atoms with Gasteiger partial charge in [0, 0.05) is 67.7 Å². The van der Waals surface area contributed by atoms with Crippen LogP contribution in [-0.4, -0.2) is 183 Å². The fraction of sp³-hybridized carbons (Fsp3) is 0.686. The molecule has 23 nitrogen and oxygen atoms in total. The molecular formula is C51H72ClN5O18. The van der Waals surface area contributed by atoms with E-state index in [1.165, 1.54) is 6.08 Å². The minimum atomic E-state index is -1.71. The zero-order valence-corrected chi connectivity index (χ0v) is 43.8. The summed E-state index contributed by atoms with van der Waals surface area (Å²) in [5, 5.41) is 31.2. The second-order valence-electron chi connectivity index (χ2n) is 19.7. The van der Waals surface area contributed by atoms with Crippen LogP contribution in [0.3, 0.4) is 0 Å². The number of alkyl halides is 1. The van der Waals surface area contributed by atoms with E-state index in [9.17, 15) is 58.2 Å². The molecule has 3 saturated carbocycles. The van der Waals surface area contributed by atoms with Crippen molar-refractivity contribution in [2.45, 2.75) is 108 Å². The number of fused-ring (bicyclic) bond motifs is 5. The van der Waals surface area contributed by atoms with E-state index in [4.69, 9.17) is 40.0 Å². The van der Waals surface area contributed by atoms with Gasteiger partial charge in [0.1, 0.15) is 19.4 Å². The maximum Gasteiger partial charge on any atom is 0.306 e. The number of nitrogens with one attached hydrogen (secondary N) is 4. The lowest BCUT2D eigenvalue weighted by atomic mass is 9.45. The molecular weight excluding hydrogens is 1010 g/mol. The molecule has 6 amide bonds. The van der Waals surface area contributed by atoms with Crippen molar-refractivity contribution in [1.82, 2.24) is 26.2 Å². The van der Waals surface area contributed by atoms with Crippen molar-refractivity contribution < 1.29 is 86.6 Å². The molecule has 3 fully saturated rings. The normalized spacial score (nSPS) is 27.9. The number of allylic oxidation sites excluding steroid dienone is 4. The van der Waals surface area contributed by atoms with E-state index < -0.39 is 113 Å². The number of amides is 6. The first-order valence-corrected chi connectivity index (χ1v) is 25.8. The third-order valence-electron chi connectivity index (χ3n) is 15.1. The smallest absolute Gasteiger partial charge is 0.306 e. The highest BCUT2D eigenvalue weighted by Crippen LogP contribution is 2.72. The number of aliphatic hydroxyl groups is 1. The van der Waals surface area contributed by atoms with E-state index in [2.05, 4.69) is 21.3 Å². The number of carbonyl (C=O) groups is 10. The van der Waals surface area contributed by atoms with Crippen LogP contribution in [0.1, 0.15) is 85.5 Å². The number of Topliss-reactive ketones (excluding diaryl/α,β-unsaturated/α-hetero) is 1.